The number of rotatable bonds is 5. The zero-order chi connectivity index (χ0) is 20.5. The van der Waals surface area contributed by atoms with Crippen LogP contribution in [0, 0.1) is 6.92 Å². The molecule has 0 atom stereocenters. The van der Waals surface area contributed by atoms with E-state index in [1.165, 1.54) is 0 Å². The molecule has 0 aliphatic rings. The lowest BCUT2D eigenvalue weighted by atomic mass is 10.1. The van der Waals surface area contributed by atoms with E-state index in [9.17, 15) is 0 Å². The quantitative estimate of drug-likeness (QED) is 0.487. The number of nitrogens with one attached hydrogen (secondary N) is 1. The summed E-state index contributed by atoms with van der Waals surface area (Å²) in [6.45, 7) is 2.00. The van der Waals surface area contributed by atoms with E-state index in [1.54, 1.807) is 23.3 Å². The van der Waals surface area contributed by atoms with E-state index in [0.717, 1.165) is 39.8 Å². The Kier molecular flexibility index (Phi) is 4.40. The molecule has 0 aliphatic carbocycles. The van der Waals surface area contributed by atoms with E-state index in [4.69, 9.17) is 0 Å². The van der Waals surface area contributed by atoms with Crippen LogP contribution in [0.2, 0.25) is 0 Å². The minimum atomic E-state index is 0.505. The van der Waals surface area contributed by atoms with Gasteiger partial charge in [0.1, 0.15) is 11.6 Å². The van der Waals surface area contributed by atoms with Crippen molar-refractivity contribution in [3.8, 4) is 11.3 Å². The number of aromatic nitrogens is 8. The van der Waals surface area contributed by atoms with Gasteiger partial charge in [-0.25, -0.2) is 9.97 Å². The molecule has 5 aromatic heterocycles. The number of fused-ring (bicyclic) bond motifs is 1. The Bertz CT molecular complexity index is 1340. The van der Waals surface area contributed by atoms with Gasteiger partial charge in [0.05, 0.1) is 11.9 Å². The summed E-state index contributed by atoms with van der Waals surface area (Å²) in [5.41, 5.74) is 4.64. The summed E-state index contributed by atoms with van der Waals surface area (Å²) in [5.74, 6) is 2.19. The molecule has 0 fully saturated rings. The highest BCUT2D eigenvalue weighted by atomic mass is 15.3. The molecule has 1 N–H and O–H groups in total. The van der Waals surface area contributed by atoms with Crippen LogP contribution in [0.1, 0.15) is 17.1 Å². The predicted molar refractivity (Wildman–Crippen MR) is 112 cm³/mol. The minimum absolute atomic E-state index is 0.505. The van der Waals surface area contributed by atoms with Crippen molar-refractivity contribution in [1.29, 1.82) is 0 Å². The molecule has 9 nitrogen and oxygen atoms in total. The van der Waals surface area contributed by atoms with Crippen molar-refractivity contribution in [1.82, 2.24) is 39.3 Å². The van der Waals surface area contributed by atoms with Gasteiger partial charge in [-0.15, -0.1) is 10.2 Å². The third-order valence-corrected chi connectivity index (χ3v) is 4.96. The second-order valence-electron chi connectivity index (χ2n) is 6.92. The molecule has 0 aliphatic heterocycles. The van der Waals surface area contributed by atoms with Crippen molar-refractivity contribution in [2.24, 2.45) is 7.05 Å². The summed E-state index contributed by atoms with van der Waals surface area (Å²) in [5, 5.41) is 16.0. The van der Waals surface area contributed by atoms with Gasteiger partial charge < -0.3 is 5.32 Å². The SMILES string of the molecule is Cc1ncccc1Cc1nnc2cc(-c3ccnc(Nc4ccnn4C)n3)ccn12. The molecule has 148 valence electrons. The Morgan fingerprint density at radius 3 is 2.77 bits per heavy atom. The van der Waals surface area contributed by atoms with Gasteiger partial charge >= 0.3 is 0 Å². The van der Waals surface area contributed by atoms with Gasteiger partial charge in [0.15, 0.2) is 5.65 Å². The zero-order valence-corrected chi connectivity index (χ0v) is 16.6. The van der Waals surface area contributed by atoms with Crippen LogP contribution in [0.25, 0.3) is 16.9 Å². The van der Waals surface area contributed by atoms with Crippen LogP contribution in [0.4, 0.5) is 11.8 Å². The van der Waals surface area contributed by atoms with Gasteiger partial charge in [0.25, 0.3) is 0 Å². The van der Waals surface area contributed by atoms with Crippen molar-refractivity contribution >= 4 is 17.4 Å². The van der Waals surface area contributed by atoms with Crippen LogP contribution in [-0.4, -0.2) is 39.3 Å². The molecule has 9 heteroatoms. The van der Waals surface area contributed by atoms with Gasteiger partial charge in [-0.2, -0.15) is 5.10 Å². The molecule has 0 bridgehead atoms. The molecule has 5 rings (SSSR count). The standard InChI is InChI=1S/C21H19N9/c1-14-15(4-3-8-22-14)12-19-27-28-20-13-16(7-11-30(19)20)17-5-9-23-21(25-17)26-18-6-10-24-29(18)2/h3-11,13H,12H2,1-2H3,(H,23,25,26). The van der Waals surface area contributed by atoms with Gasteiger partial charge in [-0.3, -0.25) is 14.1 Å². The van der Waals surface area contributed by atoms with E-state index in [2.05, 4.69) is 41.6 Å². The zero-order valence-electron chi connectivity index (χ0n) is 16.6. The molecular weight excluding hydrogens is 378 g/mol. The lowest BCUT2D eigenvalue weighted by Gasteiger charge is -2.07. The smallest absolute Gasteiger partial charge is 0.228 e. The molecule has 0 saturated carbocycles. The maximum absolute atomic E-state index is 4.62. The molecule has 0 saturated heterocycles. The van der Waals surface area contributed by atoms with Crippen molar-refractivity contribution in [3.63, 3.8) is 0 Å². The van der Waals surface area contributed by atoms with Crippen LogP contribution in [0.5, 0.6) is 0 Å². The summed E-state index contributed by atoms with van der Waals surface area (Å²) < 4.78 is 3.72. The maximum atomic E-state index is 4.62. The van der Waals surface area contributed by atoms with Gasteiger partial charge in [-0.05, 0) is 36.8 Å². The third-order valence-electron chi connectivity index (χ3n) is 4.96. The second-order valence-corrected chi connectivity index (χ2v) is 6.92. The topological polar surface area (TPSA) is 98.7 Å². The van der Waals surface area contributed by atoms with Gasteiger partial charge in [-0.1, -0.05) is 6.07 Å². The summed E-state index contributed by atoms with van der Waals surface area (Å²) in [6, 6.07) is 11.7. The Labute approximate surface area is 172 Å². The lowest BCUT2D eigenvalue weighted by Crippen LogP contribution is -2.03. The molecule has 5 aromatic rings. The van der Waals surface area contributed by atoms with E-state index < -0.39 is 0 Å². The van der Waals surface area contributed by atoms with E-state index in [0.29, 0.717) is 12.4 Å². The fourth-order valence-corrected chi connectivity index (χ4v) is 3.29. The molecular formula is C21H19N9. The molecule has 0 amide bonds. The molecule has 0 spiro atoms. The van der Waals surface area contributed by atoms with Crippen molar-refractivity contribution in [3.05, 3.63) is 78.3 Å². The predicted octanol–water partition coefficient (Wildman–Crippen LogP) is 2.96. The average molecular weight is 397 g/mol. The van der Waals surface area contributed by atoms with E-state index >= 15 is 0 Å². The van der Waals surface area contributed by atoms with E-state index in [1.807, 2.05) is 54.9 Å². The van der Waals surface area contributed by atoms with Crippen LogP contribution in [-0.2, 0) is 13.5 Å². The highest BCUT2D eigenvalue weighted by Gasteiger charge is 2.11. The number of aryl methyl sites for hydroxylation is 2. The number of nitrogens with zero attached hydrogens (tertiary/aromatic N) is 8. The first-order valence-electron chi connectivity index (χ1n) is 9.50. The van der Waals surface area contributed by atoms with Gasteiger partial charge in [0, 0.05) is 49.4 Å². The first kappa shape index (κ1) is 17.9. The Hall–Kier alpha value is -4.14. The second kappa shape index (κ2) is 7.36. The number of hydrogen-bond donors (Lipinski definition) is 1. The summed E-state index contributed by atoms with van der Waals surface area (Å²) in [7, 11) is 1.86. The number of pyridine rings is 2. The summed E-state index contributed by atoms with van der Waals surface area (Å²) >= 11 is 0. The minimum Gasteiger partial charge on any atom is -0.309 e. The number of hydrogen-bond acceptors (Lipinski definition) is 7. The summed E-state index contributed by atoms with van der Waals surface area (Å²) in [6.07, 6.45) is 7.89. The normalized spacial score (nSPS) is 11.1. The molecule has 0 unspecified atom stereocenters. The first-order chi connectivity index (χ1) is 14.7. The molecule has 0 aromatic carbocycles. The average Bonchev–Trinajstić information content (AvgIpc) is 3.35. The number of anilines is 2. The summed E-state index contributed by atoms with van der Waals surface area (Å²) in [4.78, 5) is 13.3. The largest absolute Gasteiger partial charge is 0.309 e. The maximum Gasteiger partial charge on any atom is 0.228 e. The molecule has 30 heavy (non-hydrogen) atoms. The van der Waals surface area contributed by atoms with Crippen LogP contribution in [0.3, 0.4) is 0 Å². The van der Waals surface area contributed by atoms with Gasteiger partial charge in [0.2, 0.25) is 5.95 Å². The lowest BCUT2D eigenvalue weighted by molar-refractivity contribution is 0.775. The third kappa shape index (κ3) is 3.37. The van der Waals surface area contributed by atoms with Crippen molar-refractivity contribution in [2.45, 2.75) is 13.3 Å². The monoisotopic (exact) mass is 397 g/mol. The Morgan fingerprint density at radius 2 is 1.93 bits per heavy atom. The highest BCUT2D eigenvalue weighted by Crippen LogP contribution is 2.21. The van der Waals surface area contributed by atoms with Crippen LogP contribution in [0.15, 0.2) is 61.2 Å². The Balaban J connectivity index is 1.44. The van der Waals surface area contributed by atoms with Crippen LogP contribution < -0.4 is 5.32 Å². The fourth-order valence-electron chi connectivity index (χ4n) is 3.29. The highest BCUT2D eigenvalue weighted by molar-refractivity contribution is 5.65. The van der Waals surface area contributed by atoms with Crippen molar-refractivity contribution in [2.75, 3.05) is 5.32 Å². The molecule has 0 radical (unpaired) electrons. The fraction of sp³-hybridized carbons (Fsp3) is 0.143. The molecule has 5 heterocycles. The van der Waals surface area contributed by atoms with Crippen LogP contribution >= 0.6 is 0 Å². The first-order valence-corrected chi connectivity index (χ1v) is 9.50. The van der Waals surface area contributed by atoms with E-state index in [-0.39, 0.29) is 0 Å². The van der Waals surface area contributed by atoms with Crippen molar-refractivity contribution < 1.29 is 0 Å². The Morgan fingerprint density at radius 1 is 1.00 bits per heavy atom.